The van der Waals surface area contributed by atoms with Crippen LogP contribution in [0.1, 0.15) is 22.6 Å². The predicted molar refractivity (Wildman–Crippen MR) is 70.0 cm³/mol. The maximum Gasteiger partial charge on any atom is 0.132 e. The first-order valence-electron chi connectivity index (χ1n) is 5.46. The lowest BCUT2D eigenvalue weighted by molar-refractivity contribution is 0.936. The van der Waals surface area contributed by atoms with Crippen LogP contribution in [-0.2, 0) is 13.0 Å². The summed E-state index contributed by atoms with van der Waals surface area (Å²) < 4.78 is 0. The van der Waals surface area contributed by atoms with Crippen molar-refractivity contribution in [2.24, 2.45) is 0 Å². The van der Waals surface area contributed by atoms with Crippen LogP contribution < -0.4 is 11.1 Å². The first kappa shape index (κ1) is 11.8. The van der Waals surface area contributed by atoms with E-state index in [0.29, 0.717) is 12.4 Å². The number of nitrogens with one attached hydrogen (secondary N) is 1. The van der Waals surface area contributed by atoms with Gasteiger partial charge in [-0.25, -0.2) is 15.0 Å². The Morgan fingerprint density at radius 2 is 2.24 bits per heavy atom. The van der Waals surface area contributed by atoms with Crippen LogP contribution in [0.5, 0.6) is 0 Å². The molecule has 0 aliphatic heterocycles. The molecule has 0 saturated carbocycles. The Hall–Kier alpha value is -1.69. The summed E-state index contributed by atoms with van der Waals surface area (Å²) >= 11 is 1.67. The van der Waals surface area contributed by atoms with Gasteiger partial charge in [0.25, 0.3) is 0 Å². The molecule has 0 atom stereocenters. The van der Waals surface area contributed by atoms with Gasteiger partial charge in [0.1, 0.15) is 22.5 Å². The van der Waals surface area contributed by atoms with Crippen molar-refractivity contribution >= 4 is 23.0 Å². The molecule has 3 N–H and O–H groups in total. The number of thiazole rings is 1. The third kappa shape index (κ3) is 3.13. The first-order chi connectivity index (χ1) is 8.17. The Labute approximate surface area is 104 Å². The van der Waals surface area contributed by atoms with Crippen molar-refractivity contribution in [3.8, 4) is 0 Å². The predicted octanol–water partition coefficient (Wildman–Crippen LogP) is 2.00. The van der Waals surface area contributed by atoms with E-state index in [4.69, 9.17) is 5.73 Å². The maximum absolute atomic E-state index is 5.70. The summed E-state index contributed by atoms with van der Waals surface area (Å²) in [7, 11) is 0. The van der Waals surface area contributed by atoms with E-state index < -0.39 is 0 Å². The van der Waals surface area contributed by atoms with Crippen LogP contribution in [0, 0.1) is 6.92 Å². The number of hydrogen-bond acceptors (Lipinski definition) is 6. The summed E-state index contributed by atoms with van der Waals surface area (Å²) in [5, 5.41) is 4.25. The van der Waals surface area contributed by atoms with Crippen molar-refractivity contribution in [3.05, 3.63) is 28.0 Å². The molecule has 0 unspecified atom stereocenters. The number of hydrogen-bond donors (Lipinski definition) is 2. The van der Waals surface area contributed by atoms with Gasteiger partial charge in [-0.3, -0.25) is 0 Å². The fourth-order valence-corrected chi connectivity index (χ4v) is 2.14. The lowest BCUT2D eigenvalue weighted by Gasteiger charge is -2.05. The number of aryl methyl sites for hydroxylation is 2. The van der Waals surface area contributed by atoms with Crippen molar-refractivity contribution in [1.29, 1.82) is 0 Å². The molecule has 0 spiro atoms. The van der Waals surface area contributed by atoms with Crippen LogP contribution in [0.3, 0.4) is 0 Å². The standard InChI is InChI=1S/C11H15N5S/c1-3-9-15-8(12)4-10(16-9)13-6-11-14-5-7(2)17-11/h4-5H,3,6H2,1-2H3,(H3,12,13,15,16). The third-order valence-electron chi connectivity index (χ3n) is 2.20. The van der Waals surface area contributed by atoms with Gasteiger partial charge in [-0.15, -0.1) is 11.3 Å². The molecule has 0 aliphatic carbocycles. The summed E-state index contributed by atoms with van der Waals surface area (Å²) in [6, 6.07) is 1.74. The van der Waals surface area contributed by atoms with E-state index in [9.17, 15) is 0 Å². The topological polar surface area (TPSA) is 76.7 Å². The van der Waals surface area contributed by atoms with E-state index in [1.54, 1.807) is 17.4 Å². The molecule has 0 aliphatic rings. The number of aromatic nitrogens is 3. The molecule has 17 heavy (non-hydrogen) atoms. The molecule has 0 saturated heterocycles. The Bertz CT molecular complexity index is 508. The maximum atomic E-state index is 5.70. The van der Waals surface area contributed by atoms with E-state index in [0.717, 1.165) is 23.1 Å². The number of nitrogen functional groups attached to an aromatic ring is 1. The smallest absolute Gasteiger partial charge is 0.132 e. The van der Waals surface area contributed by atoms with Gasteiger partial charge in [0.05, 0.1) is 6.54 Å². The van der Waals surface area contributed by atoms with Gasteiger partial charge < -0.3 is 11.1 Å². The second-order valence-electron chi connectivity index (χ2n) is 3.67. The van der Waals surface area contributed by atoms with Crippen LogP contribution >= 0.6 is 11.3 Å². The first-order valence-corrected chi connectivity index (χ1v) is 6.27. The quantitative estimate of drug-likeness (QED) is 0.866. The SMILES string of the molecule is CCc1nc(N)cc(NCc2ncc(C)s2)n1. The van der Waals surface area contributed by atoms with Crippen molar-refractivity contribution in [2.75, 3.05) is 11.1 Å². The summed E-state index contributed by atoms with van der Waals surface area (Å²) in [6.07, 6.45) is 2.64. The van der Waals surface area contributed by atoms with Crippen molar-refractivity contribution in [2.45, 2.75) is 26.8 Å². The highest BCUT2D eigenvalue weighted by Gasteiger charge is 2.02. The molecule has 90 valence electrons. The largest absolute Gasteiger partial charge is 0.384 e. The zero-order valence-corrected chi connectivity index (χ0v) is 10.7. The Balaban J connectivity index is 2.05. The van der Waals surface area contributed by atoms with Crippen LogP contribution in [0.4, 0.5) is 11.6 Å². The van der Waals surface area contributed by atoms with Gasteiger partial charge in [0, 0.05) is 23.6 Å². The number of anilines is 2. The Morgan fingerprint density at radius 1 is 1.41 bits per heavy atom. The molecular weight excluding hydrogens is 234 g/mol. The molecule has 2 aromatic heterocycles. The van der Waals surface area contributed by atoms with Crippen LogP contribution in [0.25, 0.3) is 0 Å². The number of nitrogens with two attached hydrogens (primary N) is 1. The molecule has 0 bridgehead atoms. The Morgan fingerprint density at radius 3 is 2.88 bits per heavy atom. The van der Waals surface area contributed by atoms with Crippen LogP contribution in [-0.4, -0.2) is 15.0 Å². The van der Waals surface area contributed by atoms with E-state index in [2.05, 4.69) is 20.3 Å². The molecule has 0 amide bonds. The fraction of sp³-hybridized carbons (Fsp3) is 0.364. The second-order valence-corrected chi connectivity index (χ2v) is 4.99. The van der Waals surface area contributed by atoms with Crippen LogP contribution in [0.15, 0.2) is 12.3 Å². The molecule has 0 aromatic carbocycles. The van der Waals surface area contributed by atoms with Gasteiger partial charge in [0.2, 0.25) is 0 Å². The Kier molecular flexibility index (Phi) is 3.53. The minimum Gasteiger partial charge on any atom is -0.384 e. The average molecular weight is 249 g/mol. The molecule has 0 radical (unpaired) electrons. The van der Waals surface area contributed by atoms with E-state index in [-0.39, 0.29) is 0 Å². The second kappa shape index (κ2) is 5.09. The average Bonchev–Trinajstić information content (AvgIpc) is 2.72. The zero-order chi connectivity index (χ0) is 12.3. The highest BCUT2D eigenvalue weighted by atomic mass is 32.1. The molecule has 5 nitrogen and oxygen atoms in total. The van der Waals surface area contributed by atoms with Crippen molar-refractivity contribution in [1.82, 2.24) is 15.0 Å². The summed E-state index contributed by atoms with van der Waals surface area (Å²) in [6.45, 7) is 4.71. The normalized spacial score (nSPS) is 10.5. The lowest BCUT2D eigenvalue weighted by atomic mass is 10.4. The summed E-state index contributed by atoms with van der Waals surface area (Å²) in [5.41, 5.74) is 5.70. The number of nitrogens with zero attached hydrogens (tertiary/aromatic N) is 3. The molecule has 6 heteroatoms. The summed E-state index contributed by atoms with van der Waals surface area (Å²) in [4.78, 5) is 14.0. The fourth-order valence-electron chi connectivity index (χ4n) is 1.42. The van der Waals surface area contributed by atoms with E-state index in [1.807, 2.05) is 20.0 Å². The molecule has 2 heterocycles. The lowest BCUT2D eigenvalue weighted by Crippen LogP contribution is -2.05. The van der Waals surface area contributed by atoms with Gasteiger partial charge in [0.15, 0.2) is 0 Å². The molecular formula is C11H15N5S. The van der Waals surface area contributed by atoms with E-state index in [1.165, 1.54) is 4.88 Å². The monoisotopic (exact) mass is 249 g/mol. The molecule has 0 fully saturated rings. The van der Waals surface area contributed by atoms with E-state index >= 15 is 0 Å². The minimum absolute atomic E-state index is 0.495. The summed E-state index contributed by atoms with van der Waals surface area (Å²) in [5.74, 6) is 2.00. The molecule has 2 aromatic rings. The molecule has 2 rings (SSSR count). The van der Waals surface area contributed by atoms with Gasteiger partial charge in [-0.2, -0.15) is 0 Å². The third-order valence-corrected chi connectivity index (χ3v) is 3.11. The van der Waals surface area contributed by atoms with Crippen molar-refractivity contribution in [3.63, 3.8) is 0 Å². The van der Waals surface area contributed by atoms with Crippen molar-refractivity contribution < 1.29 is 0 Å². The van der Waals surface area contributed by atoms with Crippen LogP contribution in [0.2, 0.25) is 0 Å². The highest BCUT2D eigenvalue weighted by molar-refractivity contribution is 7.11. The van der Waals surface area contributed by atoms with Gasteiger partial charge in [-0.1, -0.05) is 6.92 Å². The minimum atomic E-state index is 0.495. The number of rotatable bonds is 4. The van der Waals surface area contributed by atoms with Gasteiger partial charge in [-0.05, 0) is 6.92 Å². The zero-order valence-electron chi connectivity index (χ0n) is 9.90. The van der Waals surface area contributed by atoms with Gasteiger partial charge >= 0.3 is 0 Å². The highest BCUT2D eigenvalue weighted by Crippen LogP contribution is 2.14.